The first kappa shape index (κ1) is 20.9. The molecule has 1 amide bonds. The van der Waals surface area contributed by atoms with E-state index < -0.39 is 42.7 Å². The van der Waals surface area contributed by atoms with Crippen LogP contribution in [0.25, 0.3) is 5.57 Å². The lowest BCUT2D eigenvalue weighted by molar-refractivity contribution is -0.156. The molecule has 0 aromatic heterocycles. The van der Waals surface area contributed by atoms with Gasteiger partial charge in [-0.1, -0.05) is 18.2 Å². The zero-order valence-electron chi connectivity index (χ0n) is 16.3. The molecule has 2 heterocycles. The van der Waals surface area contributed by atoms with E-state index in [0.717, 1.165) is 22.3 Å². The average molecular weight is 403 g/mol. The molecule has 0 unspecified atom stereocenters. The van der Waals surface area contributed by atoms with Crippen LogP contribution in [0.5, 0.6) is 0 Å². The third-order valence-corrected chi connectivity index (χ3v) is 5.62. The molecule has 29 heavy (non-hydrogen) atoms. The van der Waals surface area contributed by atoms with E-state index >= 15 is 0 Å². The molecule has 0 spiro atoms. The van der Waals surface area contributed by atoms with Crippen LogP contribution in [0.2, 0.25) is 0 Å². The number of alkyl halides is 2. The van der Waals surface area contributed by atoms with Crippen molar-refractivity contribution in [3.63, 3.8) is 0 Å². The lowest BCUT2D eigenvalue weighted by Gasteiger charge is -2.37. The molecule has 154 valence electrons. The Morgan fingerprint density at radius 1 is 1.31 bits per heavy atom. The molecule has 1 aromatic rings. The second-order valence-corrected chi connectivity index (χ2v) is 7.72. The Labute approximate surface area is 167 Å². The Bertz CT molecular complexity index is 897. The number of aryl methyl sites for hydroxylation is 2. The van der Waals surface area contributed by atoms with Crippen LogP contribution < -0.4 is 5.32 Å². The molecule has 0 aliphatic carbocycles. The van der Waals surface area contributed by atoms with Crippen molar-refractivity contribution in [3.8, 4) is 6.07 Å². The molecule has 1 saturated heterocycles. The predicted octanol–water partition coefficient (Wildman–Crippen LogP) is 2.49. The van der Waals surface area contributed by atoms with Gasteiger partial charge in [0.05, 0.1) is 24.1 Å². The third-order valence-electron chi connectivity index (χ3n) is 5.62. The highest BCUT2D eigenvalue weighted by molar-refractivity contribution is 5.88. The van der Waals surface area contributed by atoms with Gasteiger partial charge in [0.15, 0.2) is 0 Å². The molecule has 2 atom stereocenters. The summed E-state index contributed by atoms with van der Waals surface area (Å²) in [6.45, 7) is 3.72. The molecule has 0 saturated carbocycles. The van der Waals surface area contributed by atoms with Gasteiger partial charge in [0, 0.05) is 19.5 Å². The van der Waals surface area contributed by atoms with Crippen molar-refractivity contribution < 1.29 is 23.5 Å². The quantitative estimate of drug-likeness (QED) is 0.809. The number of aliphatic carboxylic acids is 1. The SMILES string of the molecule is Cc1cc(C2=CCN(C(=O)[C@H]3NCC(F)(F)C[C@@H]3C(=O)O)CC2)cc(C)c1C#N. The fourth-order valence-corrected chi connectivity index (χ4v) is 4.06. The molecule has 1 fully saturated rings. The lowest BCUT2D eigenvalue weighted by atomic mass is 9.87. The van der Waals surface area contributed by atoms with E-state index in [1.807, 2.05) is 32.1 Å². The first-order valence-corrected chi connectivity index (χ1v) is 9.46. The van der Waals surface area contributed by atoms with E-state index in [1.165, 1.54) is 4.90 Å². The average Bonchev–Trinajstić information content (AvgIpc) is 2.66. The minimum absolute atomic E-state index is 0.285. The van der Waals surface area contributed by atoms with Crippen LogP contribution in [0.3, 0.4) is 0 Å². The first-order chi connectivity index (χ1) is 13.6. The number of rotatable bonds is 3. The predicted molar refractivity (Wildman–Crippen MR) is 102 cm³/mol. The number of nitrogens with one attached hydrogen (secondary N) is 1. The molecule has 3 rings (SSSR count). The summed E-state index contributed by atoms with van der Waals surface area (Å²) in [6, 6.07) is 4.93. The number of nitrogens with zero attached hydrogens (tertiary/aromatic N) is 2. The van der Waals surface area contributed by atoms with E-state index in [1.54, 1.807) is 0 Å². The molecule has 0 radical (unpaired) electrons. The van der Waals surface area contributed by atoms with Gasteiger partial charge in [-0.25, -0.2) is 8.78 Å². The van der Waals surface area contributed by atoms with Crippen LogP contribution in [-0.2, 0) is 9.59 Å². The Kier molecular flexibility index (Phi) is 5.71. The van der Waals surface area contributed by atoms with Crippen LogP contribution in [-0.4, -0.2) is 53.5 Å². The van der Waals surface area contributed by atoms with Crippen LogP contribution >= 0.6 is 0 Å². The molecule has 2 aliphatic heterocycles. The van der Waals surface area contributed by atoms with E-state index in [9.17, 15) is 28.7 Å². The number of hydrogen-bond acceptors (Lipinski definition) is 4. The maximum atomic E-state index is 13.6. The number of nitriles is 1. The first-order valence-electron chi connectivity index (χ1n) is 9.46. The van der Waals surface area contributed by atoms with Crippen molar-refractivity contribution in [2.75, 3.05) is 19.6 Å². The smallest absolute Gasteiger partial charge is 0.308 e. The molecule has 1 aromatic carbocycles. The number of carbonyl (C=O) groups is 2. The summed E-state index contributed by atoms with van der Waals surface area (Å²) in [5, 5.41) is 20.9. The second kappa shape index (κ2) is 7.91. The fraction of sp³-hybridized carbons (Fsp3) is 0.476. The number of hydrogen-bond donors (Lipinski definition) is 2. The summed E-state index contributed by atoms with van der Waals surface area (Å²) in [7, 11) is 0. The van der Waals surface area contributed by atoms with Crippen molar-refractivity contribution in [1.82, 2.24) is 10.2 Å². The minimum Gasteiger partial charge on any atom is -0.481 e. The standard InChI is InChI=1S/C21H23F2N3O3/c1-12-7-15(8-13(2)17(12)10-24)14-3-5-26(6-4-14)19(27)18-16(20(28)29)9-21(22,23)11-25-18/h3,7-8,16,18,25H,4-6,9,11H2,1-2H3,(H,28,29)/t16-,18-/m0/s1. The maximum absolute atomic E-state index is 13.6. The summed E-state index contributed by atoms with van der Waals surface area (Å²) >= 11 is 0. The van der Waals surface area contributed by atoms with Crippen LogP contribution in [0.4, 0.5) is 8.78 Å². The Morgan fingerprint density at radius 3 is 2.48 bits per heavy atom. The molecule has 2 aliphatic rings. The summed E-state index contributed by atoms with van der Waals surface area (Å²) in [5.41, 5.74) is 4.46. The molecular formula is C21H23F2N3O3. The molecular weight excluding hydrogens is 380 g/mol. The number of halogens is 2. The zero-order chi connectivity index (χ0) is 21.3. The number of piperidine rings is 1. The Morgan fingerprint density at radius 2 is 1.97 bits per heavy atom. The van der Waals surface area contributed by atoms with E-state index in [-0.39, 0.29) is 6.54 Å². The number of carbonyl (C=O) groups excluding carboxylic acids is 1. The summed E-state index contributed by atoms with van der Waals surface area (Å²) in [4.78, 5) is 25.7. The topological polar surface area (TPSA) is 93.4 Å². The lowest BCUT2D eigenvalue weighted by Crippen LogP contribution is -2.60. The van der Waals surface area contributed by atoms with E-state index in [0.29, 0.717) is 18.5 Å². The second-order valence-electron chi connectivity index (χ2n) is 7.72. The van der Waals surface area contributed by atoms with Gasteiger partial charge in [-0.05, 0) is 42.5 Å². The van der Waals surface area contributed by atoms with Crippen LogP contribution in [0.1, 0.15) is 35.1 Å². The van der Waals surface area contributed by atoms with E-state index in [4.69, 9.17) is 0 Å². The zero-order valence-corrected chi connectivity index (χ0v) is 16.3. The maximum Gasteiger partial charge on any atom is 0.308 e. The van der Waals surface area contributed by atoms with Crippen molar-refractivity contribution >= 4 is 17.4 Å². The molecule has 8 heteroatoms. The Balaban J connectivity index is 1.74. The number of benzene rings is 1. The summed E-state index contributed by atoms with van der Waals surface area (Å²) in [5.74, 6) is -6.46. The highest BCUT2D eigenvalue weighted by Gasteiger charge is 2.48. The van der Waals surface area contributed by atoms with Gasteiger partial charge in [-0.3, -0.25) is 14.9 Å². The van der Waals surface area contributed by atoms with Gasteiger partial charge in [-0.2, -0.15) is 5.26 Å². The van der Waals surface area contributed by atoms with Crippen LogP contribution in [0, 0.1) is 31.1 Å². The Hall–Kier alpha value is -2.79. The van der Waals surface area contributed by atoms with Crippen molar-refractivity contribution in [2.45, 2.75) is 38.7 Å². The third kappa shape index (κ3) is 4.30. The van der Waals surface area contributed by atoms with Gasteiger partial charge in [0.1, 0.15) is 6.04 Å². The largest absolute Gasteiger partial charge is 0.481 e. The molecule has 0 bridgehead atoms. The monoisotopic (exact) mass is 403 g/mol. The number of carboxylic acids is 1. The van der Waals surface area contributed by atoms with Gasteiger partial charge in [0.2, 0.25) is 5.91 Å². The van der Waals surface area contributed by atoms with Gasteiger partial charge in [-0.15, -0.1) is 0 Å². The summed E-state index contributed by atoms with van der Waals surface area (Å²) < 4.78 is 27.1. The molecule has 2 N–H and O–H groups in total. The van der Waals surface area contributed by atoms with Crippen LogP contribution in [0.15, 0.2) is 18.2 Å². The van der Waals surface area contributed by atoms with Gasteiger partial charge >= 0.3 is 5.97 Å². The highest BCUT2D eigenvalue weighted by Crippen LogP contribution is 2.31. The van der Waals surface area contributed by atoms with Gasteiger partial charge < -0.3 is 10.0 Å². The summed E-state index contributed by atoms with van der Waals surface area (Å²) in [6.07, 6.45) is 1.62. The molecule has 6 nitrogen and oxygen atoms in total. The van der Waals surface area contributed by atoms with Crippen molar-refractivity contribution in [1.29, 1.82) is 5.26 Å². The number of amides is 1. The fourth-order valence-electron chi connectivity index (χ4n) is 4.06. The van der Waals surface area contributed by atoms with E-state index in [2.05, 4.69) is 11.4 Å². The van der Waals surface area contributed by atoms with Crippen molar-refractivity contribution in [3.05, 3.63) is 40.5 Å². The highest BCUT2D eigenvalue weighted by atomic mass is 19.3. The minimum atomic E-state index is -3.14. The normalized spacial score (nSPS) is 23.8. The van der Waals surface area contributed by atoms with Gasteiger partial charge in [0.25, 0.3) is 5.92 Å². The van der Waals surface area contributed by atoms with Crippen molar-refractivity contribution in [2.24, 2.45) is 5.92 Å². The number of carboxylic acid groups (broad SMARTS) is 1.